The lowest BCUT2D eigenvalue weighted by Crippen LogP contribution is -2.08. The minimum absolute atomic E-state index is 0.341. The van der Waals surface area contributed by atoms with Crippen molar-refractivity contribution < 1.29 is 9.47 Å². The normalized spacial score (nSPS) is 12.2. The van der Waals surface area contributed by atoms with E-state index in [-0.39, 0.29) is 0 Å². The lowest BCUT2D eigenvalue weighted by Gasteiger charge is -2.11. The van der Waals surface area contributed by atoms with Crippen molar-refractivity contribution in [1.29, 1.82) is 0 Å². The van der Waals surface area contributed by atoms with Crippen molar-refractivity contribution in [3.8, 4) is 17.0 Å². The molecule has 0 aliphatic carbocycles. The van der Waals surface area contributed by atoms with Gasteiger partial charge in [0.25, 0.3) is 0 Å². The van der Waals surface area contributed by atoms with Crippen LogP contribution in [-0.4, -0.2) is 29.5 Å². The summed E-state index contributed by atoms with van der Waals surface area (Å²) in [4.78, 5) is 0. The fourth-order valence-corrected chi connectivity index (χ4v) is 2.91. The van der Waals surface area contributed by atoms with Gasteiger partial charge in [0.1, 0.15) is 12.4 Å². The molecule has 1 atom stereocenters. The highest BCUT2D eigenvalue weighted by Crippen LogP contribution is 2.20. The molecule has 156 valence electrons. The number of hydrogen-bond donors (Lipinski definition) is 0. The lowest BCUT2D eigenvalue weighted by atomic mass is 10.1. The Morgan fingerprint density at radius 1 is 1.03 bits per heavy atom. The number of hydrogen-bond acceptors (Lipinski definition) is 4. The largest absolute Gasteiger partial charge is 0.490 e. The highest BCUT2D eigenvalue weighted by Gasteiger charge is 2.02. The van der Waals surface area contributed by atoms with Crippen LogP contribution >= 0.6 is 0 Å². The summed E-state index contributed by atoms with van der Waals surface area (Å²) in [6.45, 7) is 9.42. The van der Waals surface area contributed by atoms with E-state index < -0.39 is 0 Å². The molecule has 1 heterocycles. The highest BCUT2D eigenvalue weighted by atomic mass is 16.5. The number of benzene rings is 1. The van der Waals surface area contributed by atoms with Gasteiger partial charge in [-0.05, 0) is 75.1 Å². The molecule has 0 spiro atoms. The first-order valence-corrected chi connectivity index (χ1v) is 10.7. The number of aromatic nitrogens is 2. The molecule has 0 N–H and O–H groups in total. The summed E-state index contributed by atoms with van der Waals surface area (Å²) in [5.74, 6) is 0.821. The van der Waals surface area contributed by atoms with E-state index in [1.807, 2.05) is 42.5 Å². The second kappa shape index (κ2) is 13.7. The molecule has 0 bridgehead atoms. The van der Waals surface area contributed by atoms with Gasteiger partial charge in [-0.3, -0.25) is 0 Å². The summed E-state index contributed by atoms with van der Waals surface area (Å²) in [6, 6.07) is 11.8. The third-order valence-electron chi connectivity index (χ3n) is 4.62. The van der Waals surface area contributed by atoms with Gasteiger partial charge in [-0.1, -0.05) is 38.5 Å². The van der Waals surface area contributed by atoms with E-state index in [2.05, 4.69) is 36.7 Å². The number of rotatable bonds is 14. The Hall–Kier alpha value is -2.46. The molecule has 1 aromatic heterocycles. The molecule has 0 fully saturated rings. The van der Waals surface area contributed by atoms with E-state index in [9.17, 15) is 0 Å². The van der Waals surface area contributed by atoms with Crippen LogP contribution in [0, 0.1) is 0 Å². The molecule has 0 aliphatic heterocycles. The SMILES string of the molecule is C=CCOc1ccc(-c2ccc(C=CCCCC(C)OCCCCC)nn2)cc1. The van der Waals surface area contributed by atoms with E-state index in [4.69, 9.17) is 9.47 Å². The highest BCUT2D eigenvalue weighted by molar-refractivity contribution is 5.60. The quantitative estimate of drug-likeness (QED) is 0.271. The van der Waals surface area contributed by atoms with Crippen molar-refractivity contribution in [2.75, 3.05) is 13.2 Å². The van der Waals surface area contributed by atoms with Crippen molar-refractivity contribution in [3.63, 3.8) is 0 Å². The molecule has 29 heavy (non-hydrogen) atoms. The number of unbranched alkanes of at least 4 members (excludes halogenated alkanes) is 3. The van der Waals surface area contributed by atoms with Gasteiger partial charge in [-0.2, -0.15) is 5.10 Å². The second-order valence-corrected chi connectivity index (χ2v) is 7.19. The molecule has 0 aliphatic rings. The van der Waals surface area contributed by atoms with Crippen molar-refractivity contribution >= 4 is 6.08 Å². The van der Waals surface area contributed by atoms with E-state index in [0.717, 1.165) is 48.6 Å². The van der Waals surface area contributed by atoms with Gasteiger partial charge < -0.3 is 9.47 Å². The first kappa shape index (κ1) is 22.8. The zero-order chi connectivity index (χ0) is 20.7. The minimum atomic E-state index is 0.341. The van der Waals surface area contributed by atoms with Gasteiger partial charge in [-0.25, -0.2) is 0 Å². The van der Waals surface area contributed by atoms with Gasteiger partial charge in [0.2, 0.25) is 0 Å². The van der Waals surface area contributed by atoms with E-state index in [1.165, 1.54) is 19.3 Å². The third-order valence-corrected chi connectivity index (χ3v) is 4.62. The predicted molar refractivity (Wildman–Crippen MR) is 121 cm³/mol. The monoisotopic (exact) mass is 394 g/mol. The predicted octanol–water partition coefficient (Wildman–Crippen LogP) is 6.49. The molecule has 1 aromatic carbocycles. The summed E-state index contributed by atoms with van der Waals surface area (Å²) in [7, 11) is 0. The Morgan fingerprint density at radius 2 is 1.86 bits per heavy atom. The maximum Gasteiger partial charge on any atom is 0.119 e. The molecule has 0 radical (unpaired) electrons. The number of ether oxygens (including phenoxy) is 2. The van der Waals surface area contributed by atoms with Crippen LogP contribution in [0.5, 0.6) is 5.75 Å². The van der Waals surface area contributed by atoms with Crippen molar-refractivity contribution in [2.45, 2.75) is 58.5 Å². The maximum absolute atomic E-state index is 5.83. The minimum Gasteiger partial charge on any atom is -0.490 e. The van der Waals surface area contributed by atoms with Crippen LogP contribution in [0.15, 0.2) is 55.1 Å². The fourth-order valence-electron chi connectivity index (χ4n) is 2.91. The zero-order valence-corrected chi connectivity index (χ0v) is 17.8. The Balaban J connectivity index is 1.72. The molecule has 2 rings (SSSR count). The molecule has 0 saturated carbocycles. The Labute approximate surface area is 175 Å². The summed E-state index contributed by atoms with van der Waals surface area (Å²) < 4.78 is 11.3. The van der Waals surface area contributed by atoms with Crippen LogP contribution in [0.25, 0.3) is 17.3 Å². The van der Waals surface area contributed by atoms with E-state index in [1.54, 1.807) is 6.08 Å². The van der Waals surface area contributed by atoms with Gasteiger partial charge in [0.05, 0.1) is 17.5 Å². The van der Waals surface area contributed by atoms with E-state index in [0.29, 0.717) is 12.7 Å². The molecule has 4 nitrogen and oxygen atoms in total. The Bertz CT molecular complexity index is 723. The van der Waals surface area contributed by atoms with Crippen LogP contribution in [0.2, 0.25) is 0 Å². The summed E-state index contributed by atoms with van der Waals surface area (Å²) in [5, 5.41) is 8.65. The van der Waals surface area contributed by atoms with Gasteiger partial charge in [0, 0.05) is 12.2 Å². The molecule has 0 saturated heterocycles. The number of allylic oxidation sites excluding steroid dienone is 1. The maximum atomic E-state index is 5.83. The van der Waals surface area contributed by atoms with Crippen LogP contribution in [0.1, 0.15) is 58.1 Å². The molecule has 4 heteroatoms. The smallest absolute Gasteiger partial charge is 0.119 e. The zero-order valence-electron chi connectivity index (χ0n) is 17.8. The second-order valence-electron chi connectivity index (χ2n) is 7.19. The Kier molecular flexibility index (Phi) is 10.8. The van der Waals surface area contributed by atoms with Crippen LogP contribution in [-0.2, 0) is 4.74 Å². The lowest BCUT2D eigenvalue weighted by molar-refractivity contribution is 0.0566. The van der Waals surface area contributed by atoms with Crippen molar-refractivity contribution in [2.24, 2.45) is 0 Å². The standard InChI is InChI=1S/C25H34N2O2/c1-4-6-10-20-28-21(3)11-8-7-9-12-23-15-18-25(27-26-23)22-13-16-24(17-14-22)29-19-5-2/h5,9,12-18,21H,2,4,6-8,10-11,19-20H2,1,3H3. The molecular weight excluding hydrogens is 360 g/mol. The van der Waals surface area contributed by atoms with Gasteiger partial charge in [-0.15, -0.1) is 5.10 Å². The average Bonchev–Trinajstić information content (AvgIpc) is 2.76. The number of nitrogens with zero attached hydrogens (tertiary/aromatic N) is 2. The summed E-state index contributed by atoms with van der Waals surface area (Å²) in [6.07, 6.45) is 13.2. The Morgan fingerprint density at radius 3 is 2.55 bits per heavy atom. The van der Waals surface area contributed by atoms with Gasteiger partial charge in [0.15, 0.2) is 0 Å². The van der Waals surface area contributed by atoms with Crippen molar-refractivity contribution in [1.82, 2.24) is 10.2 Å². The molecule has 1 unspecified atom stereocenters. The first-order chi connectivity index (χ1) is 14.2. The molecular formula is C25H34N2O2. The first-order valence-electron chi connectivity index (χ1n) is 10.7. The van der Waals surface area contributed by atoms with E-state index >= 15 is 0 Å². The topological polar surface area (TPSA) is 44.2 Å². The third kappa shape index (κ3) is 9.05. The summed E-state index contributed by atoms with van der Waals surface area (Å²) >= 11 is 0. The molecule has 2 aromatic rings. The fraction of sp³-hybridized carbons (Fsp3) is 0.440. The average molecular weight is 395 g/mol. The van der Waals surface area contributed by atoms with Crippen molar-refractivity contribution in [3.05, 3.63) is 60.8 Å². The van der Waals surface area contributed by atoms with Crippen LogP contribution < -0.4 is 4.74 Å². The molecule has 0 amide bonds. The van der Waals surface area contributed by atoms with Gasteiger partial charge >= 0.3 is 0 Å². The van der Waals surface area contributed by atoms with Crippen LogP contribution in [0.4, 0.5) is 0 Å². The summed E-state index contributed by atoms with van der Waals surface area (Å²) in [5.41, 5.74) is 2.75. The van der Waals surface area contributed by atoms with Crippen LogP contribution in [0.3, 0.4) is 0 Å².